The van der Waals surface area contributed by atoms with Gasteiger partial charge < -0.3 is 9.47 Å². The summed E-state index contributed by atoms with van der Waals surface area (Å²) in [7, 11) is 0. The molecule has 3 aromatic rings. The van der Waals surface area contributed by atoms with Crippen LogP contribution in [0.2, 0.25) is 10.0 Å². The van der Waals surface area contributed by atoms with Crippen LogP contribution in [0, 0.1) is 0 Å². The zero-order valence-electron chi connectivity index (χ0n) is 15.7. The highest BCUT2D eigenvalue weighted by Crippen LogP contribution is 2.35. The lowest BCUT2D eigenvalue weighted by molar-refractivity contribution is 0.101. The number of carbonyl (C=O) groups excluding carboxylic acids is 1. The lowest BCUT2D eigenvalue weighted by atomic mass is 10.1. The van der Waals surface area contributed by atoms with Gasteiger partial charge >= 0.3 is 0 Å². The number of ketones is 1. The smallest absolute Gasteiger partial charge is 0.231 e. The van der Waals surface area contributed by atoms with Crippen LogP contribution < -0.4 is 9.47 Å². The van der Waals surface area contributed by atoms with Crippen molar-refractivity contribution in [3.8, 4) is 11.5 Å². The number of aryl methyl sites for hydroxylation is 1. The summed E-state index contributed by atoms with van der Waals surface area (Å²) in [6.07, 6.45) is 2.74. The molecule has 0 amide bonds. The van der Waals surface area contributed by atoms with Crippen LogP contribution in [0.4, 0.5) is 0 Å². The monoisotopic (exact) mass is 424 g/mol. The van der Waals surface area contributed by atoms with Crippen molar-refractivity contribution in [2.45, 2.75) is 20.0 Å². The van der Waals surface area contributed by atoms with E-state index in [1.54, 1.807) is 36.4 Å². The number of hydrogen-bond acceptors (Lipinski definition) is 3. The zero-order valence-corrected chi connectivity index (χ0v) is 17.3. The second kappa shape index (κ2) is 8.32. The summed E-state index contributed by atoms with van der Waals surface area (Å²) < 4.78 is 11.6. The Bertz CT molecular complexity index is 1100. The summed E-state index contributed by atoms with van der Waals surface area (Å²) in [5, 5.41) is 0.987. The van der Waals surface area contributed by atoms with Crippen molar-refractivity contribution in [2.24, 2.45) is 0 Å². The number of allylic oxidation sites excluding steroid dienone is 1. The SMILES string of the molecule is CCc1ccc(/C=C2\Oc3cc(OCc4ccc(Cl)c(Cl)c4)ccc3C2=O)cc1. The number of rotatable bonds is 5. The Morgan fingerprint density at radius 2 is 1.69 bits per heavy atom. The van der Waals surface area contributed by atoms with Crippen molar-refractivity contribution in [3.05, 3.63) is 98.7 Å². The fourth-order valence-electron chi connectivity index (χ4n) is 3.05. The van der Waals surface area contributed by atoms with Crippen LogP contribution in [0.5, 0.6) is 11.5 Å². The number of carbonyl (C=O) groups is 1. The number of fused-ring (bicyclic) bond motifs is 1. The molecule has 1 aliphatic rings. The topological polar surface area (TPSA) is 35.5 Å². The van der Waals surface area contributed by atoms with Gasteiger partial charge in [0.15, 0.2) is 5.76 Å². The minimum absolute atomic E-state index is 0.129. The zero-order chi connectivity index (χ0) is 20.4. The summed E-state index contributed by atoms with van der Waals surface area (Å²) in [6.45, 7) is 2.44. The van der Waals surface area contributed by atoms with E-state index in [0.29, 0.717) is 39.5 Å². The van der Waals surface area contributed by atoms with Gasteiger partial charge in [0.25, 0.3) is 0 Å². The normalized spacial score (nSPS) is 14.0. The standard InChI is InChI=1S/C24H18Cl2O3/c1-2-15-3-5-16(6-4-15)12-23-24(27)19-9-8-18(13-22(19)29-23)28-14-17-7-10-20(25)21(26)11-17/h3-13H,2,14H2,1H3/b23-12-. The molecule has 1 heterocycles. The third-order valence-electron chi connectivity index (χ3n) is 4.72. The van der Waals surface area contributed by atoms with E-state index >= 15 is 0 Å². The van der Waals surface area contributed by atoms with Gasteiger partial charge in [-0.15, -0.1) is 0 Å². The fourth-order valence-corrected chi connectivity index (χ4v) is 3.37. The molecule has 0 saturated carbocycles. The van der Waals surface area contributed by atoms with E-state index in [1.165, 1.54) is 5.56 Å². The molecule has 3 nitrogen and oxygen atoms in total. The molecule has 5 heteroatoms. The lowest BCUT2D eigenvalue weighted by Crippen LogP contribution is -1.98. The maximum Gasteiger partial charge on any atom is 0.231 e. The number of halogens is 2. The number of ether oxygens (including phenoxy) is 2. The van der Waals surface area contributed by atoms with E-state index < -0.39 is 0 Å². The maximum absolute atomic E-state index is 12.6. The first-order valence-electron chi connectivity index (χ1n) is 9.27. The summed E-state index contributed by atoms with van der Waals surface area (Å²) in [4.78, 5) is 12.6. The molecular formula is C24H18Cl2O3. The van der Waals surface area contributed by atoms with E-state index in [-0.39, 0.29) is 5.78 Å². The van der Waals surface area contributed by atoms with Crippen molar-refractivity contribution in [2.75, 3.05) is 0 Å². The molecule has 1 aliphatic heterocycles. The Labute approximate surface area is 179 Å². The Hall–Kier alpha value is -2.75. The molecule has 4 rings (SSSR count). The second-order valence-electron chi connectivity index (χ2n) is 6.73. The minimum Gasteiger partial charge on any atom is -0.489 e. The number of hydrogen-bond donors (Lipinski definition) is 0. The molecule has 0 N–H and O–H groups in total. The largest absolute Gasteiger partial charge is 0.489 e. The fraction of sp³-hybridized carbons (Fsp3) is 0.125. The van der Waals surface area contributed by atoms with E-state index in [1.807, 2.05) is 30.3 Å². The maximum atomic E-state index is 12.6. The molecule has 0 fully saturated rings. The quantitative estimate of drug-likeness (QED) is 0.424. The minimum atomic E-state index is -0.129. The van der Waals surface area contributed by atoms with Crippen LogP contribution >= 0.6 is 23.2 Å². The average Bonchev–Trinajstić information content (AvgIpc) is 3.04. The summed E-state index contributed by atoms with van der Waals surface area (Å²) in [5.74, 6) is 1.29. The lowest BCUT2D eigenvalue weighted by Gasteiger charge is -2.08. The first-order valence-corrected chi connectivity index (χ1v) is 10.0. The molecule has 0 saturated heterocycles. The van der Waals surface area contributed by atoms with Crippen molar-refractivity contribution in [1.82, 2.24) is 0 Å². The van der Waals surface area contributed by atoms with Crippen molar-refractivity contribution in [3.63, 3.8) is 0 Å². The van der Waals surface area contributed by atoms with Crippen LogP contribution in [0.15, 0.2) is 66.4 Å². The molecule has 0 spiro atoms. The Morgan fingerprint density at radius 1 is 0.931 bits per heavy atom. The molecular weight excluding hydrogens is 407 g/mol. The van der Waals surface area contributed by atoms with Gasteiger partial charge in [-0.3, -0.25) is 4.79 Å². The Balaban J connectivity index is 1.49. The molecule has 146 valence electrons. The third-order valence-corrected chi connectivity index (χ3v) is 5.46. The second-order valence-corrected chi connectivity index (χ2v) is 7.54. The summed E-state index contributed by atoms with van der Waals surface area (Å²) in [5.41, 5.74) is 3.60. The highest BCUT2D eigenvalue weighted by molar-refractivity contribution is 6.42. The van der Waals surface area contributed by atoms with E-state index in [4.69, 9.17) is 32.7 Å². The van der Waals surface area contributed by atoms with Gasteiger partial charge in [0.05, 0.1) is 15.6 Å². The van der Waals surface area contributed by atoms with Crippen LogP contribution in [-0.2, 0) is 13.0 Å². The van der Waals surface area contributed by atoms with Crippen LogP contribution in [0.25, 0.3) is 6.08 Å². The molecule has 29 heavy (non-hydrogen) atoms. The van der Waals surface area contributed by atoms with Crippen molar-refractivity contribution < 1.29 is 14.3 Å². The van der Waals surface area contributed by atoms with E-state index in [0.717, 1.165) is 17.5 Å². The van der Waals surface area contributed by atoms with Crippen LogP contribution in [-0.4, -0.2) is 5.78 Å². The van der Waals surface area contributed by atoms with Crippen LogP contribution in [0.1, 0.15) is 34.0 Å². The Kier molecular flexibility index (Phi) is 5.61. The van der Waals surface area contributed by atoms with Gasteiger partial charge in [0.1, 0.15) is 18.1 Å². The van der Waals surface area contributed by atoms with E-state index in [2.05, 4.69) is 6.92 Å². The highest BCUT2D eigenvalue weighted by Gasteiger charge is 2.27. The Morgan fingerprint density at radius 3 is 2.41 bits per heavy atom. The number of Topliss-reactive ketones (excluding diaryl/α,β-unsaturated/α-hetero) is 1. The van der Waals surface area contributed by atoms with Crippen molar-refractivity contribution >= 4 is 35.1 Å². The molecule has 0 bridgehead atoms. The van der Waals surface area contributed by atoms with Crippen LogP contribution in [0.3, 0.4) is 0 Å². The van der Waals surface area contributed by atoms with Crippen molar-refractivity contribution in [1.29, 1.82) is 0 Å². The average molecular weight is 425 g/mol. The number of benzene rings is 3. The third kappa shape index (κ3) is 4.31. The molecule has 0 aliphatic carbocycles. The van der Waals surface area contributed by atoms with Gasteiger partial charge in [0, 0.05) is 6.07 Å². The summed E-state index contributed by atoms with van der Waals surface area (Å²) in [6, 6.07) is 18.6. The first-order chi connectivity index (χ1) is 14.0. The van der Waals surface area contributed by atoms with Gasteiger partial charge in [-0.1, -0.05) is 60.5 Å². The predicted molar refractivity (Wildman–Crippen MR) is 116 cm³/mol. The first kappa shape index (κ1) is 19.6. The van der Waals surface area contributed by atoms with Gasteiger partial charge in [-0.2, -0.15) is 0 Å². The molecule has 0 radical (unpaired) electrons. The van der Waals surface area contributed by atoms with E-state index in [9.17, 15) is 4.79 Å². The molecule has 0 aromatic heterocycles. The van der Waals surface area contributed by atoms with Gasteiger partial charge in [-0.05, 0) is 53.5 Å². The molecule has 3 aromatic carbocycles. The highest BCUT2D eigenvalue weighted by atomic mass is 35.5. The summed E-state index contributed by atoms with van der Waals surface area (Å²) >= 11 is 12.0. The van der Waals surface area contributed by atoms with Gasteiger partial charge in [0.2, 0.25) is 5.78 Å². The van der Waals surface area contributed by atoms with Gasteiger partial charge in [-0.25, -0.2) is 0 Å². The molecule has 0 unspecified atom stereocenters. The predicted octanol–water partition coefficient (Wildman–Crippen LogP) is 6.75. The molecule has 0 atom stereocenters.